The van der Waals surface area contributed by atoms with Gasteiger partial charge in [0.25, 0.3) is 5.69 Å². The molecule has 0 unspecified atom stereocenters. The summed E-state index contributed by atoms with van der Waals surface area (Å²) in [5, 5.41) is 13.4. The summed E-state index contributed by atoms with van der Waals surface area (Å²) in [6, 6.07) is 4.60. The Kier molecular flexibility index (Phi) is 5.91. The van der Waals surface area contributed by atoms with Crippen molar-refractivity contribution in [3.63, 3.8) is 0 Å². The molecule has 0 aliphatic carbocycles. The fraction of sp³-hybridized carbons (Fsp3) is 0.400. The minimum atomic E-state index is -0.525. The zero-order valence-corrected chi connectivity index (χ0v) is 13.0. The van der Waals surface area contributed by atoms with Gasteiger partial charge in [-0.3, -0.25) is 10.1 Å². The van der Waals surface area contributed by atoms with Gasteiger partial charge in [0.05, 0.1) is 4.92 Å². The van der Waals surface area contributed by atoms with E-state index in [9.17, 15) is 14.9 Å². The smallest absolute Gasteiger partial charge is 0.407 e. The Morgan fingerprint density at radius 2 is 2.14 bits per heavy atom. The molecule has 0 aliphatic rings. The van der Waals surface area contributed by atoms with Crippen LogP contribution in [-0.4, -0.2) is 23.2 Å². The molecule has 0 bridgehead atoms. The number of anilines is 1. The van der Waals surface area contributed by atoms with Crippen molar-refractivity contribution in [2.24, 2.45) is 0 Å². The number of amides is 1. The van der Waals surface area contributed by atoms with E-state index >= 15 is 0 Å². The molecular weight excluding hydrogens is 286 g/mol. The Balaban J connectivity index is 2.45. The molecule has 1 amide bonds. The molecular formula is C15H21N3O4. The zero-order valence-electron chi connectivity index (χ0n) is 13.0. The summed E-state index contributed by atoms with van der Waals surface area (Å²) < 4.78 is 5.09. The van der Waals surface area contributed by atoms with Crippen LogP contribution in [0.4, 0.5) is 16.2 Å². The van der Waals surface area contributed by atoms with Crippen molar-refractivity contribution in [1.82, 2.24) is 5.32 Å². The molecule has 0 saturated heterocycles. The third kappa shape index (κ3) is 6.25. The normalized spacial score (nSPS) is 11.4. The van der Waals surface area contributed by atoms with E-state index in [1.165, 1.54) is 12.1 Å². The number of nitro benzene ring substituents is 1. The van der Waals surface area contributed by atoms with Crippen LogP contribution >= 0.6 is 0 Å². The SMILES string of the molecule is CC(C)(C)OC(=O)NCCC=Cc1ccc(N)c([N+](=O)[O-])c1. The van der Waals surface area contributed by atoms with Crippen LogP contribution < -0.4 is 11.1 Å². The first kappa shape index (κ1) is 17.5. The van der Waals surface area contributed by atoms with Crippen molar-refractivity contribution in [2.45, 2.75) is 32.8 Å². The first-order valence-corrected chi connectivity index (χ1v) is 6.86. The van der Waals surface area contributed by atoms with Crippen molar-refractivity contribution >= 4 is 23.5 Å². The molecule has 0 heterocycles. The highest BCUT2D eigenvalue weighted by Gasteiger charge is 2.15. The number of ether oxygens (including phenoxy) is 1. The Hall–Kier alpha value is -2.57. The molecule has 120 valence electrons. The van der Waals surface area contributed by atoms with Crippen molar-refractivity contribution in [1.29, 1.82) is 0 Å². The molecule has 3 N–H and O–H groups in total. The Morgan fingerprint density at radius 3 is 2.73 bits per heavy atom. The average Bonchev–Trinajstić information content (AvgIpc) is 2.37. The summed E-state index contributed by atoms with van der Waals surface area (Å²) in [5.41, 5.74) is 5.69. The number of carbonyl (C=O) groups is 1. The van der Waals surface area contributed by atoms with Gasteiger partial charge in [0.2, 0.25) is 0 Å². The second kappa shape index (κ2) is 7.44. The quantitative estimate of drug-likeness (QED) is 0.376. The number of carbonyl (C=O) groups excluding carboxylic acids is 1. The van der Waals surface area contributed by atoms with Gasteiger partial charge in [0.15, 0.2) is 0 Å². The number of hydrogen-bond donors (Lipinski definition) is 2. The lowest BCUT2D eigenvalue weighted by Crippen LogP contribution is -2.32. The standard InChI is InChI=1S/C15H21N3O4/c1-15(2,3)22-14(19)17-9-5-4-6-11-7-8-12(16)13(10-11)18(20)21/h4,6-8,10H,5,9,16H2,1-3H3,(H,17,19). The van der Waals surface area contributed by atoms with E-state index in [2.05, 4.69) is 5.32 Å². The molecule has 0 atom stereocenters. The molecule has 1 aromatic rings. The highest BCUT2D eigenvalue weighted by Crippen LogP contribution is 2.22. The van der Waals surface area contributed by atoms with E-state index in [4.69, 9.17) is 10.5 Å². The molecule has 0 spiro atoms. The maximum absolute atomic E-state index is 11.4. The summed E-state index contributed by atoms with van der Waals surface area (Å²) in [5.74, 6) is 0. The number of rotatable bonds is 5. The molecule has 1 rings (SSSR count). The van der Waals surface area contributed by atoms with Gasteiger partial charge in [-0.1, -0.05) is 18.2 Å². The summed E-state index contributed by atoms with van der Waals surface area (Å²) >= 11 is 0. The van der Waals surface area contributed by atoms with Crippen molar-refractivity contribution in [3.8, 4) is 0 Å². The number of nitrogens with zero attached hydrogens (tertiary/aromatic N) is 1. The van der Waals surface area contributed by atoms with E-state index in [1.807, 2.05) is 6.08 Å². The minimum absolute atomic E-state index is 0.117. The van der Waals surface area contributed by atoms with Gasteiger partial charge in [-0.2, -0.15) is 0 Å². The molecule has 7 heteroatoms. The maximum atomic E-state index is 11.4. The van der Waals surface area contributed by atoms with Gasteiger partial charge in [-0.25, -0.2) is 4.79 Å². The van der Waals surface area contributed by atoms with Gasteiger partial charge in [-0.15, -0.1) is 0 Å². The largest absolute Gasteiger partial charge is 0.444 e. The molecule has 0 radical (unpaired) electrons. The van der Waals surface area contributed by atoms with E-state index in [1.54, 1.807) is 32.9 Å². The van der Waals surface area contributed by atoms with Crippen LogP contribution in [0.3, 0.4) is 0 Å². The highest BCUT2D eigenvalue weighted by molar-refractivity contribution is 5.67. The number of nitrogens with one attached hydrogen (secondary N) is 1. The number of hydrogen-bond acceptors (Lipinski definition) is 5. The van der Waals surface area contributed by atoms with Crippen LogP contribution in [0.5, 0.6) is 0 Å². The highest BCUT2D eigenvalue weighted by atomic mass is 16.6. The number of nitrogens with two attached hydrogens (primary N) is 1. The van der Waals surface area contributed by atoms with Crippen LogP contribution in [0.15, 0.2) is 24.3 Å². The summed E-state index contributed by atoms with van der Waals surface area (Å²) in [4.78, 5) is 21.7. The first-order valence-electron chi connectivity index (χ1n) is 6.86. The third-order valence-electron chi connectivity index (χ3n) is 2.54. The molecule has 1 aromatic carbocycles. The van der Waals surface area contributed by atoms with Crippen LogP contribution in [0, 0.1) is 10.1 Å². The molecule has 0 saturated carbocycles. The van der Waals surface area contributed by atoms with E-state index < -0.39 is 16.6 Å². The first-order chi connectivity index (χ1) is 10.2. The topological polar surface area (TPSA) is 107 Å². The van der Waals surface area contributed by atoms with Gasteiger partial charge >= 0.3 is 6.09 Å². The lowest BCUT2D eigenvalue weighted by Gasteiger charge is -2.19. The van der Waals surface area contributed by atoms with E-state index in [0.717, 1.165) is 0 Å². The predicted octanol–water partition coefficient (Wildman–Crippen LogP) is 3.11. The second-order valence-corrected chi connectivity index (χ2v) is 5.70. The van der Waals surface area contributed by atoms with Gasteiger partial charge in [0, 0.05) is 12.6 Å². The lowest BCUT2D eigenvalue weighted by molar-refractivity contribution is -0.383. The fourth-order valence-corrected chi connectivity index (χ4v) is 1.61. The van der Waals surface area contributed by atoms with Crippen LogP contribution in [0.1, 0.15) is 32.8 Å². The Morgan fingerprint density at radius 1 is 1.45 bits per heavy atom. The van der Waals surface area contributed by atoms with Gasteiger partial charge in [0.1, 0.15) is 11.3 Å². The zero-order chi connectivity index (χ0) is 16.8. The number of nitro groups is 1. The summed E-state index contributed by atoms with van der Waals surface area (Å²) in [7, 11) is 0. The molecule has 22 heavy (non-hydrogen) atoms. The number of benzene rings is 1. The van der Waals surface area contributed by atoms with Crippen LogP contribution in [0.25, 0.3) is 6.08 Å². The summed E-state index contributed by atoms with van der Waals surface area (Å²) in [6.45, 7) is 5.80. The van der Waals surface area contributed by atoms with Gasteiger partial charge in [-0.05, 0) is 38.8 Å². The predicted molar refractivity (Wildman–Crippen MR) is 85.4 cm³/mol. The number of nitrogen functional groups attached to an aromatic ring is 1. The maximum Gasteiger partial charge on any atom is 0.407 e. The average molecular weight is 307 g/mol. The van der Waals surface area contributed by atoms with Crippen molar-refractivity contribution in [3.05, 3.63) is 40.0 Å². The van der Waals surface area contributed by atoms with Crippen LogP contribution in [0.2, 0.25) is 0 Å². The second-order valence-electron chi connectivity index (χ2n) is 5.70. The molecule has 0 aliphatic heterocycles. The monoisotopic (exact) mass is 307 g/mol. The molecule has 0 fully saturated rings. The van der Waals surface area contributed by atoms with E-state index in [0.29, 0.717) is 18.5 Å². The molecule has 0 aromatic heterocycles. The Labute approximate surface area is 129 Å². The Bertz CT molecular complexity index is 577. The third-order valence-corrected chi connectivity index (χ3v) is 2.54. The van der Waals surface area contributed by atoms with Gasteiger partial charge < -0.3 is 15.8 Å². The molecule has 7 nitrogen and oxygen atoms in total. The van der Waals surface area contributed by atoms with Crippen LogP contribution in [-0.2, 0) is 4.74 Å². The minimum Gasteiger partial charge on any atom is -0.444 e. The van der Waals surface area contributed by atoms with Crippen molar-refractivity contribution in [2.75, 3.05) is 12.3 Å². The number of alkyl carbamates (subject to hydrolysis) is 1. The lowest BCUT2D eigenvalue weighted by atomic mass is 10.1. The fourth-order valence-electron chi connectivity index (χ4n) is 1.61. The summed E-state index contributed by atoms with van der Waals surface area (Å²) in [6.07, 6.45) is 3.66. The van der Waals surface area contributed by atoms with E-state index in [-0.39, 0.29) is 11.4 Å². The van der Waals surface area contributed by atoms with Crippen molar-refractivity contribution < 1.29 is 14.5 Å².